The quantitative estimate of drug-likeness (QED) is 0.297. The van der Waals surface area contributed by atoms with Crippen molar-refractivity contribution in [3.8, 4) is 5.69 Å². The topological polar surface area (TPSA) is 120 Å². The zero-order valence-corrected chi connectivity index (χ0v) is 22.4. The lowest BCUT2D eigenvalue weighted by Crippen LogP contribution is -2.36. The molecule has 1 saturated heterocycles. The molecule has 11 nitrogen and oxygen atoms in total. The van der Waals surface area contributed by atoms with Crippen molar-refractivity contribution in [2.45, 2.75) is 31.0 Å². The normalized spacial score (nSPS) is 14.3. The van der Waals surface area contributed by atoms with Crippen LogP contribution < -0.4 is 16.1 Å². The lowest BCUT2D eigenvalue weighted by Gasteiger charge is -2.33. The molecule has 4 heterocycles. The minimum Gasteiger partial charge on any atom is -0.342 e. The molecule has 12 heteroatoms. The number of para-hydroxylation sites is 1. The van der Waals surface area contributed by atoms with Crippen LogP contribution in [0.1, 0.15) is 18.4 Å². The summed E-state index contributed by atoms with van der Waals surface area (Å²) >= 11 is 1.50. The van der Waals surface area contributed by atoms with Gasteiger partial charge in [-0.05, 0) is 53.3 Å². The van der Waals surface area contributed by atoms with Crippen molar-refractivity contribution < 1.29 is 0 Å². The van der Waals surface area contributed by atoms with Crippen LogP contribution in [0.3, 0.4) is 0 Å². The minimum absolute atomic E-state index is 0.393. The Bertz CT molecular complexity index is 1680. The summed E-state index contributed by atoms with van der Waals surface area (Å²) < 4.78 is 5.04. The van der Waals surface area contributed by atoms with E-state index in [4.69, 9.17) is 4.98 Å². The van der Waals surface area contributed by atoms with Crippen molar-refractivity contribution in [2.75, 3.05) is 23.7 Å². The van der Waals surface area contributed by atoms with Crippen molar-refractivity contribution in [1.29, 1.82) is 0 Å². The van der Waals surface area contributed by atoms with Gasteiger partial charge in [0.05, 0.1) is 5.69 Å². The molecule has 0 radical (unpaired) electrons. The second kappa shape index (κ2) is 10.9. The maximum Gasteiger partial charge on any atom is 0.329 e. The Labute approximate surface area is 228 Å². The van der Waals surface area contributed by atoms with E-state index < -0.39 is 11.2 Å². The molecule has 0 unspecified atom stereocenters. The Morgan fingerprint density at radius 2 is 1.72 bits per heavy atom. The van der Waals surface area contributed by atoms with Crippen LogP contribution in [0.2, 0.25) is 0 Å². The predicted octanol–water partition coefficient (Wildman–Crippen LogP) is 2.65. The van der Waals surface area contributed by atoms with Gasteiger partial charge in [0, 0.05) is 32.4 Å². The molecule has 0 aliphatic carbocycles. The average molecular weight is 544 g/mol. The third kappa shape index (κ3) is 5.11. The van der Waals surface area contributed by atoms with E-state index in [0.717, 1.165) is 44.0 Å². The van der Waals surface area contributed by atoms with Crippen molar-refractivity contribution >= 4 is 28.9 Å². The third-order valence-electron chi connectivity index (χ3n) is 7.24. The van der Waals surface area contributed by atoms with Crippen LogP contribution in [0.4, 0.5) is 5.95 Å². The van der Waals surface area contributed by atoms with Crippen LogP contribution >= 0.6 is 11.8 Å². The van der Waals surface area contributed by atoms with Crippen LogP contribution in [0.5, 0.6) is 0 Å². The maximum absolute atomic E-state index is 13.0. The highest BCUT2D eigenvalue weighted by Gasteiger charge is 2.26. The number of aromatic amines is 1. The molecule has 0 atom stereocenters. The van der Waals surface area contributed by atoms with Gasteiger partial charge in [0.15, 0.2) is 11.2 Å². The first-order valence-electron chi connectivity index (χ1n) is 13.0. The van der Waals surface area contributed by atoms with E-state index in [1.54, 1.807) is 11.7 Å². The Morgan fingerprint density at radius 3 is 2.46 bits per heavy atom. The molecule has 0 bridgehead atoms. The van der Waals surface area contributed by atoms with Crippen LogP contribution in [0.15, 0.2) is 75.4 Å². The summed E-state index contributed by atoms with van der Waals surface area (Å²) in [6, 6.07) is 20.3. The van der Waals surface area contributed by atoms with Gasteiger partial charge in [-0.15, -0.1) is 5.10 Å². The molecule has 1 N–H and O–H groups in total. The number of anilines is 1. The van der Waals surface area contributed by atoms with Gasteiger partial charge in [-0.3, -0.25) is 14.3 Å². The summed E-state index contributed by atoms with van der Waals surface area (Å²) in [6.45, 7) is 2.18. The molecule has 1 aliphatic rings. The highest BCUT2D eigenvalue weighted by Crippen LogP contribution is 2.28. The molecule has 3 aromatic heterocycles. The molecule has 39 heavy (non-hydrogen) atoms. The Kier molecular flexibility index (Phi) is 7.01. The summed E-state index contributed by atoms with van der Waals surface area (Å²) in [6.07, 6.45) is 3.13. The number of H-pyrrole nitrogens is 1. The van der Waals surface area contributed by atoms with Crippen LogP contribution in [-0.2, 0) is 20.0 Å². The fourth-order valence-electron chi connectivity index (χ4n) is 5.19. The number of benzene rings is 2. The molecule has 1 fully saturated rings. The first kappa shape index (κ1) is 25.1. The van der Waals surface area contributed by atoms with Crippen LogP contribution in [0, 0.1) is 5.92 Å². The van der Waals surface area contributed by atoms with Gasteiger partial charge < -0.3 is 9.47 Å². The fourth-order valence-corrected chi connectivity index (χ4v) is 6.00. The van der Waals surface area contributed by atoms with E-state index >= 15 is 0 Å². The molecular formula is C27H29N9O2S. The number of fused-ring (bicyclic) bond motifs is 1. The van der Waals surface area contributed by atoms with Crippen LogP contribution in [0.25, 0.3) is 16.9 Å². The Balaban J connectivity index is 1.24. The summed E-state index contributed by atoms with van der Waals surface area (Å²) in [5.74, 6) is 1.93. The number of piperidine rings is 1. The Hall–Kier alpha value is -4.19. The smallest absolute Gasteiger partial charge is 0.329 e. The number of thioether (sulfide) groups is 1. The predicted molar refractivity (Wildman–Crippen MR) is 151 cm³/mol. The van der Waals surface area contributed by atoms with Crippen molar-refractivity contribution in [1.82, 2.24) is 39.3 Å². The van der Waals surface area contributed by atoms with Gasteiger partial charge in [0.2, 0.25) is 11.1 Å². The fraction of sp³-hybridized carbons (Fsp3) is 0.333. The highest BCUT2D eigenvalue weighted by atomic mass is 32.2. The van der Waals surface area contributed by atoms with Crippen LogP contribution in [-0.4, -0.2) is 58.2 Å². The standard InChI is InChI=1S/C27H29N9O2S/c1-33-23-22(24(37)29-26(33)38)35(16-17-39-27-30-31-32-36(27)21-10-6-3-7-11-21)25(28-23)34-14-12-20(13-15-34)18-19-8-4-2-5-9-19/h2-11,20H,12-18H2,1H3,(H,29,37,38). The van der Waals surface area contributed by atoms with Gasteiger partial charge in [0.25, 0.3) is 5.56 Å². The molecule has 0 amide bonds. The lowest BCUT2D eigenvalue weighted by molar-refractivity contribution is 0.398. The van der Waals surface area contributed by atoms with E-state index in [0.29, 0.717) is 34.5 Å². The molecule has 6 rings (SSSR count). The minimum atomic E-state index is -0.471. The van der Waals surface area contributed by atoms with E-state index in [-0.39, 0.29) is 0 Å². The van der Waals surface area contributed by atoms with Gasteiger partial charge in [0.1, 0.15) is 0 Å². The highest BCUT2D eigenvalue weighted by molar-refractivity contribution is 7.99. The number of rotatable bonds is 8. The number of tetrazole rings is 1. The van der Waals surface area contributed by atoms with Crippen molar-refractivity contribution in [3.63, 3.8) is 0 Å². The SMILES string of the molecule is Cn1c(=O)[nH]c(=O)c2c1nc(N1CCC(Cc3ccccc3)CC1)n2CCSc1nnnn1-c1ccccc1. The number of nitrogens with one attached hydrogen (secondary N) is 1. The monoisotopic (exact) mass is 543 g/mol. The summed E-state index contributed by atoms with van der Waals surface area (Å²) in [5.41, 5.74) is 2.14. The summed E-state index contributed by atoms with van der Waals surface area (Å²) in [4.78, 5) is 34.8. The van der Waals surface area contributed by atoms with Crippen molar-refractivity contribution in [3.05, 3.63) is 87.1 Å². The first-order valence-corrected chi connectivity index (χ1v) is 14.0. The first-order chi connectivity index (χ1) is 19.1. The van der Waals surface area contributed by atoms with Gasteiger partial charge in [-0.1, -0.05) is 60.3 Å². The lowest BCUT2D eigenvalue weighted by atomic mass is 9.90. The molecule has 200 valence electrons. The number of aromatic nitrogens is 8. The zero-order valence-electron chi connectivity index (χ0n) is 21.6. The van der Waals surface area contributed by atoms with Crippen molar-refractivity contribution in [2.24, 2.45) is 13.0 Å². The van der Waals surface area contributed by atoms with E-state index in [1.165, 1.54) is 21.9 Å². The molecule has 5 aromatic rings. The van der Waals surface area contributed by atoms with E-state index in [2.05, 4.69) is 49.7 Å². The molecule has 0 saturated carbocycles. The average Bonchev–Trinajstić information content (AvgIpc) is 3.59. The molecule has 1 aliphatic heterocycles. The number of nitrogens with zero attached hydrogens (tertiary/aromatic N) is 8. The number of hydrogen-bond acceptors (Lipinski definition) is 8. The Morgan fingerprint density at radius 1 is 1.00 bits per heavy atom. The second-order valence-electron chi connectivity index (χ2n) is 9.73. The van der Waals surface area contributed by atoms with Gasteiger partial charge in [-0.25, -0.2) is 4.79 Å². The molecular weight excluding hydrogens is 514 g/mol. The number of imidazole rings is 1. The maximum atomic E-state index is 13.0. The molecule has 0 spiro atoms. The van der Waals surface area contributed by atoms with Gasteiger partial charge >= 0.3 is 5.69 Å². The summed E-state index contributed by atoms with van der Waals surface area (Å²) in [7, 11) is 1.64. The molecule has 2 aromatic carbocycles. The van der Waals surface area contributed by atoms with E-state index in [1.807, 2.05) is 41.0 Å². The van der Waals surface area contributed by atoms with Gasteiger partial charge in [-0.2, -0.15) is 9.67 Å². The third-order valence-corrected chi connectivity index (χ3v) is 8.14. The number of aryl methyl sites for hydroxylation is 2. The zero-order chi connectivity index (χ0) is 26.8. The largest absolute Gasteiger partial charge is 0.342 e. The second-order valence-corrected chi connectivity index (χ2v) is 10.8. The van der Waals surface area contributed by atoms with E-state index in [9.17, 15) is 9.59 Å². The summed E-state index contributed by atoms with van der Waals surface area (Å²) in [5, 5.41) is 12.8. The number of hydrogen-bond donors (Lipinski definition) is 1.